The average molecular weight is 280 g/mol. The molecule has 20 heavy (non-hydrogen) atoms. The molecule has 0 aromatic carbocycles. The van der Waals surface area contributed by atoms with Crippen LogP contribution in [0.2, 0.25) is 0 Å². The van der Waals surface area contributed by atoms with E-state index in [1.807, 2.05) is 0 Å². The Bertz CT molecular complexity index is 341. The highest BCUT2D eigenvalue weighted by atomic mass is 16.5. The fourth-order valence-electron chi connectivity index (χ4n) is 4.14. The maximum Gasteiger partial charge on any atom is 0.0702 e. The Kier molecular flexibility index (Phi) is 3.89. The Labute approximate surface area is 124 Å². The molecule has 1 saturated carbocycles. The molecule has 3 aliphatic rings. The Balaban J connectivity index is 1.71. The molecule has 1 aliphatic carbocycles. The van der Waals surface area contributed by atoms with Gasteiger partial charge in [-0.05, 0) is 43.9 Å². The van der Waals surface area contributed by atoms with Crippen LogP contribution < -0.4 is 5.32 Å². The Morgan fingerprint density at radius 2 is 2.00 bits per heavy atom. The fourth-order valence-corrected chi connectivity index (χ4v) is 4.14. The van der Waals surface area contributed by atoms with Crippen molar-refractivity contribution in [3.05, 3.63) is 0 Å². The van der Waals surface area contributed by atoms with Gasteiger partial charge >= 0.3 is 0 Å². The molecule has 0 aromatic heterocycles. The van der Waals surface area contributed by atoms with Gasteiger partial charge in [0.15, 0.2) is 0 Å². The summed E-state index contributed by atoms with van der Waals surface area (Å²) in [6.07, 6.45) is 5.80. The van der Waals surface area contributed by atoms with Crippen molar-refractivity contribution in [3.63, 3.8) is 0 Å². The van der Waals surface area contributed by atoms with Gasteiger partial charge in [-0.1, -0.05) is 20.8 Å². The van der Waals surface area contributed by atoms with Crippen molar-refractivity contribution in [1.82, 2.24) is 10.2 Å². The first-order chi connectivity index (χ1) is 9.38. The molecule has 116 valence electrons. The van der Waals surface area contributed by atoms with E-state index in [0.717, 1.165) is 25.6 Å². The maximum absolute atomic E-state index is 5.90. The number of ether oxygens (including phenoxy) is 1. The third-order valence-corrected chi connectivity index (χ3v) is 5.61. The molecule has 3 atom stereocenters. The van der Waals surface area contributed by atoms with Crippen LogP contribution >= 0.6 is 0 Å². The number of rotatable bonds is 3. The van der Waals surface area contributed by atoms with Gasteiger partial charge in [0, 0.05) is 37.8 Å². The van der Waals surface area contributed by atoms with Gasteiger partial charge in [-0.3, -0.25) is 4.90 Å². The zero-order valence-electron chi connectivity index (χ0n) is 13.7. The second-order valence-corrected chi connectivity index (χ2v) is 8.52. The first-order valence-corrected chi connectivity index (χ1v) is 8.49. The highest BCUT2D eigenvalue weighted by Crippen LogP contribution is 2.42. The van der Waals surface area contributed by atoms with Gasteiger partial charge in [0.2, 0.25) is 0 Å². The highest BCUT2D eigenvalue weighted by Gasteiger charge is 2.48. The number of hydrogen-bond donors (Lipinski definition) is 1. The third kappa shape index (κ3) is 3.05. The molecule has 3 fully saturated rings. The summed E-state index contributed by atoms with van der Waals surface area (Å²) in [6, 6.07) is 0.624. The van der Waals surface area contributed by atoms with Gasteiger partial charge in [-0.25, -0.2) is 0 Å². The normalized spacial score (nSPS) is 40.2. The summed E-state index contributed by atoms with van der Waals surface area (Å²) in [5.41, 5.74) is 0.664. The van der Waals surface area contributed by atoms with Crippen molar-refractivity contribution in [2.24, 2.45) is 11.3 Å². The summed E-state index contributed by atoms with van der Waals surface area (Å²) in [6.45, 7) is 14.0. The van der Waals surface area contributed by atoms with E-state index in [-0.39, 0.29) is 0 Å². The lowest BCUT2D eigenvalue weighted by molar-refractivity contribution is -0.0155. The molecule has 1 N–H and O–H groups in total. The van der Waals surface area contributed by atoms with E-state index in [1.165, 1.54) is 32.2 Å². The minimum Gasteiger partial charge on any atom is -0.377 e. The zero-order chi connectivity index (χ0) is 14.4. The standard InChI is InChI=1S/C17H32N2O/c1-16(2,3)15-10-18-17(4,13-7-8-13)12-19(15)11-14-6-5-9-20-14/h13-15,18H,5-12H2,1-4H3. The van der Waals surface area contributed by atoms with E-state index in [0.29, 0.717) is 23.1 Å². The second kappa shape index (κ2) is 5.26. The molecule has 3 rings (SSSR count). The van der Waals surface area contributed by atoms with Crippen LogP contribution in [0.15, 0.2) is 0 Å². The first-order valence-electron chi connectivity index (χ1n) is 8.49. The molecular weight excluding hydrogens is 248 g/mol. The number of nitrogens with one attached hydrogen (secondary N) is 1. The second-order valence-electron chi connectivity index (χ2n) is 8.52. The Morgan fingerprint density at radius 1 is 1.25 bits per heavy atom. The summed E-state index contributed by atoms with van der Waals surface area (Å²) >= 11 is 0. The topological polar surface area (TPSA) is 24.5 Å². The fraction of sp³-hybridized carbons (Fsp3) is 1.00. The SMILES string of the molecule is CC(C)(C)C1CNC(C)(C2CC2)CN1CC1CCCO1. The van der Waals surface area contributed by atoms with Crippen LogP contribution in [-0.2, 0) is 4.74 Å². The van der Waals surface area contributed by atoms with E-state index < -0.39 is 0 Å². The van der Waals surface area contributed by atoms with Crippen LogP contribution in [0.25, 0.3) is 0 Å². The summed E-state index contributed by atoms with van der Waals surface area (Å²) in [4.78, 5) is 2.74. The van der Waals surface area contributed by atoms with Crippen LogP contribution in [-0.4, -0.2) is 48.8 Å². The van der Waals surface area contributed by atoms with Gasteiger partial charge in [-0.15, -0.1) is 0 Å². The predicted molar refractivity (Wildman–Crippen MR) is 82.9 cm³/mol. The summed E-state index contributed by atoms with van der Waals surface area (Å²) in [7, 11) is 0. The predicted octanol–water partition coefficient (Wildman–Crippen LogP) is 2.65. The van der Waals surface area contributed by atoms with Gasteiger partial charge < -0.3 is 10.1 Å². The van der Waals surface area contributed by atoms with Crippen molar-refractivity contribution in [2.75, 3.05) is 26.2 Å². The van der Waals surface area contributed by atoms with Crippen LogP contribution in [0, 0.1) is 11.3 Å². The van der Waals surface area contributed by atoms with E-state index >= 15 is 0 Å². The molecule has 2 heterocycles. The summed E-state index contributed by atoms with van der Waals surface area (Å²) in [5.74, 6) is 0.899. The zero-order valence-corrected chi connectivity index (χ0v) is 13.7. The molecule has 2 saturated heterocycles. The minimum atomic E-state index is 0.330. The maximum atomic E-state index is 5.90. The van der Waals surface area contributed by atoms with E-state index in [1.54, 1.807) is 0 Å². The van der Waals surface area contributed by atoms with Gasteiger partial charge in [0.1, 0.15) is 0 Å². The minimum absolute atomic E-state index is 0.330. The van der Waals surface area contributed by atoms with E-state index in [2.05, 4.69) is 37.9 Å². The molecule has 0 aromatic rings. The lowest BCUT2D eigenvalue weighted by atomic mass is 9.80. The third-order valence-electron chi connectivity index (χ3n) is 5.61. The van der Waals surface area contributed by atoms with Gasteiger partial charge in [0.25, 0.3) is 0 Å². The van der Waals surface area contributed by atoms with Crippen LogP contribution in [0.3, 0.4) is 0 Å². The monoisotopic (exact) mass is 280 g/mol. The van der Waals surface area contributed by atoms with Crippen molar-refractivity contribution in [2.45, 2.75) is 71.1 Å². The molecule has 0 spiro atoms. The van der Waals surface area contributed by atoms with Crippen molar-refractivity contribution >= 4 is 0 Å². The molecule has 0 amide bonds. The molecule has 3 nitrogen and oxygen atoms in total. The van der Waals surface area contributed by atoms with Gasteiger partial charge in [-0.2, -0.15) is 0 Å². The quantitative estimate of drug-likeness (QED) is 0.860. The molecular formula is C17H32N2O. The molecule has 3 unspecified atom stereocenters. The van der Waals surface area contributed by atoms with Crippen LogP contribution in [0.1, 0.15) is 53.4 Å². The van der Waals surface area contributed by atoms with Crippen molar-refractivity contribution in [1.29, 1.82) is 0 Å². The molecule has 3 heteroatoms. The molecule has 0 bridgehead atoms. The average Bonchev–Trinajstić information content (AvgIpc) is 3.09. The Morgan fingerprint density at radius 3 is 2.55 bits per heavy atom. The smallest absolute Gasteiger partial charge is 0.0702 e. The van der Waals surface area contributed by atoms with Crippen molar-refractivity contribution < 1.29 is 4.74 Å². The lowest BCUT2D eigenvalue weighted by Gasteiger charge is -2.51. The van der Waals surface area contributed by atoms with E-state index in [4.69, 9.17) is 4.74 Å². The highest BCUT2D eigenvalue weighted by molar-refractivity contribution is 5.06. The number of nitrogens with zero attached hydrogens (tertiary/aromatic N) is 1. The van der Waals surface area contributed by atoms with Gasteiger partial charge in [0.05, 0.1) is 6.10 Å². The largest absolute Gasteiger partial charge is 0.377 e. The van der Waals surface area contributed by atoms with Crippen LogP contribution in [0.4, 0.5) is 0 Å². The summed E-state index contributed by atoms with van der Waals surface area (Å²) < 4.78 is 5.90. The lowest BCUT2D eigenvalue weighted by Crippen LogP contribution is -2.67. The van der Waals surface area contributed by atoms with Crippen LogP contribution in [0.5, 0.6) is 0 Å². The molecule has 0 radical (unpaired) electrons. The number of piperazine rings is 1. The first kappa shape index (κ1) is 14.8. The summed E-state index contributed by atoms with van der Waals surface area (Å²) in [5, 5.41) is 3.89. The molecule has 2 aliphatic heterocycles. The van der Waals surface area contributed by atoms with Crippen molar-refractivity contribution in [3.8, 4) is 0 Å². The Hall–Kier alpha value is -0.120. The van der Waals surface area contributed by atoms with E-state index in [9.17, 15) is 0 Å². The number of hydrogen-bond acceptors (Lipinski definition) is 3.